The Morgan fingerprint density at radius 3 is 2.53 bits per heavy atom. The fourth-order valence-electron chi connectivity index (χ4n) is 5.65. The Balaban J connectivity index is 1.16. The zero-order valence-corrected chi connectivity index (χ0v) is 19.1. The Bertz CT molecular complexity index is 1000. The van der Waals surface area contributed by atoms with E-state index < -0.39 is 0 Å². The topological polar surface area (TPSA) is 65.9 Å². The molecule has 6 nitrogen and oxygen atoms in total. The van der Waals surface area contributed by atoms with Crippen LogP contribution < -0.4 is 4.74 Å². The van der Waals surface area contributed by atoms with Crippen LogP contribution in [-0.2, 0) is 13.0 Å². The Labute approximate surface area is 190 Å². The van der Waals surface area contributed by atoms with E-state index in [1.807, 2.05) is 4.90 Å². The molecule has 3 aliphatic heterocycles. The molecule has 1 amide bonds. The summed E-state index contributed by atoms with van der Waals surface area (Å²) in [7, 11) is 0. The summed E-state index contributed by atoms with van der Waals surface area (Å²) in [5.41, 5.74) is 3.51. The van der Waals surface area contributed by atoms with Crippen molar-refractivity contribution in [1.29, 1.82) is 0 Å². The molecule has 0 aliphatic carbocycles. The first kappa shape index (κ1) is 21.3. The maximum atomic E-state index is 12.8. The molecule has 1 spiro atoms. The van der Waals surface area contributed by atoms with E-state index in [2.05, 4.69) is 41.9 Å². The molecule has 0 atom stereocenters. The summed E-state index contributed by atoms with van der Waals surface area (Å²) in [6.45, 7) is 9.11. The first-order valence-corrected chi connectivity index (χ1v) is 11.8. The monoisotopic (exact) mass is 435 g/mol. The van der Waals surface area contributed by atoms with E-state index in [-0.39, 0.29) is 17.3 Å². The van der Waals surface area contributed by atoms with E-state index in [4.69, 9.17) is 4.74 Å². The van der Waals surface area contributed by atoms with Crippen LogP contribution in [0.5, 0.6) is 11.5 Å². The third kappa shape index (κ3) is 4.20. The molecule has 4 heterocycles. The third-order valence-electron chi connectivity index (χ3n) is 7.61. The summed E-state index contributed by atoms with van der Waals surface area (Å²) in [5.74, 6) is 1.07. The van der Waals surface area contributed by atoms with Crippen molar-refractivity contribution in [3.63, 3.8) is 0 Å². The van der Waals surface area contributed by atoms with Gasteiger partial charge in [-0.2, -0.15) is 0 Å². The van der Waals surface area contributed by atoms with Gasteiger partial charge in [-0.3, -0.25) is 14.7 Å². The molecule has 0 saturated carbocycles. The van der Waals surface area contributed by atoms with Crippen LogP contribution >= 0.6 is 0 Å². The van der Waals surface area contributed by atoms with E-state index in [0.717, 1.165) is 57.7 Å². The zero-order valence-electron chi connectivity index (χ0n) is 19.1. The van der Waals surface area contributed by atoms with Crippen LogP contribution in [0.1, 0.15) is 61.0 Å². The fraction of sp³-hybridized carbons (Fsp3) is 0.538. The molecular weight excluding hydrogens is 402 g/mol. The summed E-state index contributed by atoms with van der Waals surface area (Å²) in [4.78, 5) is 21.2. The number of rotatable bonds is 3. The van der Waals surface area contributed by atoms with Crippen molar-refractivity contribution in [2.75, 3.05) is 26.2 Å². The Kier molecular flexibility index (Phi) is 5.36. The van der Waals surface area contributed by atoms with Crippen LogP contribution in [0.3, 0.4) is 0 Å². The standard InChI is InChI=1S/C26H33N3O3/c1-25(2)15-22-19(4-3-5-23(22)32-25)18-28-10-6-26(7-11-28)8-12-29(13-9-26)24(31)20-14-21(30)17-27-16-20/h3-5,14,16-17,30H,6-13,15,18H2,1-2H3. The van der Waals surface area contributed by atoms with Crippen LogP contribution in [0.25, 0.3) is 0 Å². The summed E-state index contributed by atoms with van der Waals surface area (Å²) in [6, 6.07) is 7.98. The maximum Gasteiger partial charge on any atom is 0.255 e. The van der Waals surface area contributed by atoms with Crippen LogP contribution in [0.2, 0.25) is 0 Å². The molecule has 170 valence electrons. The average Bonchev–Trinajstić information content (AvgIpc) is 3.10. The molecule has 6 heteroatoms. The Hall–Kier alpha value is -2.60. The van der Waals surface area contributed by atoms with Gasteiger partial charge < -0.3 is 14.7 Å². The number of fused-ring (bicyclic) bond motifs is 1. The Morgan fingerprint density at radius 2 is 1.81 bits per heavy atom. The molecule has 0 radical (unpaired) electrons. The van der Waals surface area contributed by atoms with Gasteiger partial charge in [-0.1, -0.05) is 12.1 Å². The van der Waals surface area contributed by atoms with E-state index in [9.17, 15) is 9.90 Å². The van der Waals surface area contributed by atoms with Crippen LogP contribution in [0.4, 0.5) is 0 Å². The highest BCUT2D eigenvalue weighted by Crippen LogP contribution is 2.42. The second kappa shape index (κ2) is 8.07. The molecule has 1 N–H and O–H groups in total. The van der Waals surface area contributed by atoms with Gasteiger partial charge in [0.25, 0.3) is 5.91 Å². The lowest BCUT2D eigenvalue weighted by Crippen LogP contribution is -2.48. The first-order valence-electron chi connectivity index (χ1n) is 11.8. The van der Waals surface area contributed by atoms with Gasteiger partial charge in [0.05, 0.1) is 11.8 Å². The SMILES string of the molecule is CC1(C)Cc2c(CN3CCC4(CC3)CCN(C(=O)c3cncc(O)c3)CC4)cccc2O1. The first-order chi connectivity index (χ1) is 15.3. The van der Waals surface area contributed by atoms with Crippen molar-refractivity contribution in [3.05, 3.63) is 53.3 Å². The van der Waals surface area contributed by atoms with Gasteiger partial charge in [0.1, 0.15) is 17.1 Å². The number of carbonyl (C=O) groups is 1. The lowest BCUT2D eigenvalue weighted by Gasteiger charge is -2.47. The van der Waals surface area contributed by atoms with Crippen molar-refractivity contribution < 1.29 is 14.6 Å². The number of nitrogens with zero attached hydrogens (tertiary/aromatic N) is 3. The highest BCUT2D eigenvalue weighted by Gasteiger charge is 2.39. The number of hydrogen-bond acceptors (Lipinski definition) is 5. The van der Waals surface area contributed by atoms with E-state index >= 15 is 0 Å². The highest BCUT2D eigenvalue weighted by atomic mass is 16.5. The fourth-order valence-corrected chi connectivity index (χ4v) is 5.65. The van der Waals surface area contributed by atoms with Gasteiger partial charge in [0.2, 0.25) is 0 Å². The molecule has 32 heavy (non-hydrogen) atoms. The van der Waals surface area contributed by atoms with Gasteiger partial charge in [-0.05, 0) is 75.7 Å². The smallest absolute Gasteiger partial charge is 0.255 e. The number of carbonyl (C=O) groups excluding carboxylic acids is 1. The number of aromatic hydroxyl groups is 1. The number of likely N-dealkylation sites (tertiary alicyclic amines) is 2. The minimum Gasteiger partial charge on any atom is -0.506 e. The quantitative estimate of drug-likeness (QED) is 0.789. The lowest BCUT2D eigenvalue weighted by atomic mass is 9.71. The van der Waals surface area contributed by atoms with Crippen molar-refractivity contribution in [1.82, 2.24) is 14.8 Å². The molecule has 5 rings (SSSR count). The number of pyridine rings is 1. The summed E-state index contributed by atoms with van der Waals surface area (Å²) in [6.07, 6.45) is 8.38. The minimum atomic E-state index is -0.107. The van der Waals surface area contributed by atoms with Crippen molar-refractivity contribution in [2.45, 2.75) is 58.1 Å². The summed E-state index contributed by atoms with van der Waals surface area (Å²) < 4.78 is 6.11. The minimum absolute atomic E-state index is 0.0243. The largest absolute Gasteiger partial charge is 0.506 e. The van der Waals surface area contributed by atoms with Gasteiger partial charge in [0, 0.05) is 37.8 Å². The predicted octanol–water partition coefficient (Wildman–Crippen LogP) is 4.02. The van der Waals surface area contributed by atoms with Crippen LogP contribution in [-0.4, -0.2) is 57.6 Å². The van der Waals surface area contributed by atoms with E-state index in [0.29, 0.717) is 11.0 Å². The van der Waals surface area contributed by atoms with Crippen molar-refractivity contribution in [3.8, 4) is 11.5 Å². The second-order valence-corrected chi connectivity index (χ2v) is 10.4. The molecule has 1 aromatic carbocycles. The maximum absolute atomic E-state index is 12.8. The van der Waals surface area contributed by atoms with Gasteiger partial charge in [-0.25, -0.2) is 0 Å². The van der Waals surface area contributed by atoms with Gasteiger partial charge >= 0.3 is 0 Å². The molecular formula is C26H33N3O3. The van der Waals surface area contributed by atoms with Gasteiger partial charge in [-0.15, -0.1) is 0 Å². The summed E-state index contributed by atoms with van der Waals surface area (Å²) in [5, 5.41) is 9.62. The number of amides is 1. The number of piperidine rings is 2. The third-order valence-corrected chi connectivity index (χ3v) is 7.61. The second-order valence-electron chi connectivity index (χ2n) is 10.4. The normalized spacial score (nSPS) is 21.9. The molecule has 0 bridgehead atoms. The van der Waals surface area contributed by atoms with Crippen molar-refractivity contribution in [2.24, 2.45) is 5.41 Å². The molecule has 2 aromatic rings. The lowest BCUT2D eigenvalue weighted by molar-refractivity contribution is 0.0284. The van der Waals surface area contributed by atoms with Gasteiger partial charge in [0.15, 0.2) is 0 Å². The van der Waals surface area contributed by atoms with Crippen molar-refractivity contribution >= 4 is 5.91 Å². The molecule has 2 saturated heterocycles. The average molecular weight is 436 g/mol. The highest BCUT2D eigenvalue weighted by molar-refractivity contribution is 5.94. The number of aromatic nitrogens is 1. The van der Waals surface area contributed by atoms with E-state index in [1.54, 1.807) is 0 Å². The molecule has 3 aliphatic rings. The molecule has 1 aromatic heterocycles. The Morgan fingerprint density at radius 1 is 1.09 bits per heavy atom. The van der Waals surface area contributed by atoms with E-state index in [1.165, 1.54) is 42.4 Å². The zero-order chi connectivity index (χ0) is 22.3. The van der Waals surface area contributed by atoms with Crippen LogP contribution in [0.15, 0.2) is 36.7 Å². The number of ether oxygens (including phenoxy) is 1. The van der Waals surface area contributed by atoms with Crippen LogP contribution in [0, 0.1) is 5.41 Å². The molecule has 2 fully saturated rings. The summed E-state index contributed by atoms with van der Waals surface area (Å²) >= 11 is 0. The number of hydrogen-bond donors (Lipinski definition) is 1. The molecule has 0 unspecified atom stereocenters. The number of benzene rings is 1. The predicted molar refractivity (Wildman–Crippen MR) is 123 cm³/mol.